The smallest absolute Gasteiger partial charge is 0.320 e. The summed E-state index contributed by atoms with van der Waals surface area (Å²) in [5, 5.41) is 0. The van der Waals surface area contributed by atoms with Gasteiger partial charge in [0.1, 0.15) is 0 Å². The van der Waals surface area contributed by atoms with E-state index < -0.39 is 0 Å². The van der Waals surface area contributed by atoms with Crippen molar-refractivity contribution in [2.75, 3.05) is 26.2 Å². The van der Waals surface area contributed by atoms with Crippen LogP contribution in [0.25, 0.3) is 0 Å². The minimum atomic E-state index is 0.156. The van der Waals surface area contributed by atoms with Crippen LogP contribution < -0.4 is 0 Å². The first-order valence-electron chi connectivity index (χ1n) is 9.49. The molecule has 0 bridgehead atoms. The largest absolute Gasteiger partial charge is 0.322 e. The molecule has 0 spiro atoms. The highest BCUT2D eigenvalue weighted by Crippen LogP contribution is 2.14. The third kappa shape index (κ3) is 4.85. The average molecular weight is 351 g/mol. The Bertz CT molecular complexity index is 679. The molecule has 1 aliphatic rings. The number of hydrogen-bond acceptors (Lipinski definition) is 2. The van der Waals surface area contributed by atoms with E-state index in [4.69, 9.17) is 0 Å². The van der Waals surface area contributed by atoms with Gasteiger partial charge in [0, 0.05) is 45.3 Å². The Hall–Kier alpha value is -2.33. The molecule has 138 valence electrons. The Morgan fingerprint density at radius 3 is 1.96 bits per heavy atom. The highest BCUT2D eigenvalue weighted by molar-refractivity contribution is 5.75. The number of urea groups is 1. The van der Waals surface area contributed by atoms with Crippen molar-refractivity contribution < 1.29 is 4.79 Å². The summed E-state index contributed by atoms with van der Waals surface area (Å²) in [6.07, 6.45) is 0. The van der Waals surface area contributed by atoms with Crippen LogP contribution in [0.15, 0.2) is 60.7 Å². The second-order valence-corrected chi connectivity index (χ2v) is 7.24. The van der Waals surface area contributed by atoms with Crippen molar-refractivity contribution in [1.82, 2.24) is 14.7 Å². The van der Waals surface area contributed by atoms with Crippen molar-refractivity contribution in [3.05, 3.63) is 71.8 Å². The van der Waals surface area contributed by atoms with Gasteiger partial charge in [-0.05, 0) is 25.0 Å². The summed E-state index contributed by atoms with van der Waals surface area (Å²) in [6.45, 7) is 9.25. The number of hydrogen-bond donors (Lipinski definition) is 0. The van der Waals surface area contributed by atoms with Crippen molar-refractivity contribution in [3.8, 4) is 0 Å². The van der Waals surface area contributed by atoms with Crippen LogP contribution in [0.5, 0.6) is 0 Å². The van der Waals surface area contributed by atoms with Gasteiger partial charge in [-0.2, -0.15) is 0 Å². The predicted molar refractivity (Wildman–Crippen MR) is 106 cm³/mol. The second kappa shape index (κ2) is 8.86. The van der Waals surface area contributed by atoms with Crippen LogP contribution in [0.3, 0.4) is 0 Å². The summed E-state index contributed by atoms with van der Waals surface area (Å²) in [6, 6.07) is 21.1. The van der Waals surface area contributed by atoms with Crippen molar-refractivity contribution in [3.63, 3.8) is 0 Å². The molecular weight excluding hydrogens is 322 g/mol. The van der Waals surface area contributed by atoms with Crippen LogP contribution in [-0.2, 0) is 13.1 Å². The predicted octanol–water partition coefficient (Wildman–Crippen LogP) is 3.83. The number of carbonyl (C=O) groups excluding carboxylic acids is 1. The van der Waals surface area contributed by atoms with E-state index in [0.29, 0.717) is 6.54 Å². The first-order valence-corrected chi connectivity index (χ1v) is 9.49. The number of nitrogens with zero attached hydrogens (tertiary/aromatic N) is 3. The van der Waals surface area contributed by atoms with E-state index in [1.807, 2.05) is 34.1 Å². The number of rotatable bonds is 5. The minimum Gasteiger partial charge on any atom is -0.322 e. The van der Waals surface area contributed by atoms with Gasteiger partial charge in [-0.25, -0.2) is 4.79 Å². The van der Waals surface area contributed by atoms with Crippen molar-refractivity contribution in [2.24, 2.45) is 0 Å². The first-order chi connectivity index (χ1) is 12.6. The highest BCUT2D eigenvalue weighted by atomic mass is 16.2. The molecule has 0 aromatic heterocycles. The summed E-state index contributed by atoms with van der Waals surface area (Å²) in [5.41, 5.74) is 2.51. The zero-order valence-electron chi connectivity index (χ0n) is 15.8. The molecule has 0 saturated carbocycles. The van der Waals surface area contributed by atoms with Crippen LogP contribution >= 0.6 is 0 Å². The number of amides is 2. The van der Waals surface area contributed by atoms with Gasteiger partial charge in [0.05, 0.1) is 0 Å². The Balaban J connectivity index is 1.55. The highest BCUT2D eigenvalue weighted by Gasteiger charge is 2.26. The fourth-order valence-corrected chi connectivity index (χ4v) is 3.37. The maximum Gasteiger partial charge on any atom is 0.320 e. The average Bonchev–Trinajstić information content (AvgIpc) is 2.67. The molecular formula is C22H29N3O. The Labute approximate surface area is 157 Å². The molecule has 1 saturated heterocycles. The molecule has 1 heterocycles. The standard InChI is InChI=1S/C22H29N3O/c1-19(2)25(18-21-11-7-4-8-12-21)22(26)24-15-13-23(14-16-24)17-20-9-5-3-6-10-20/h3-12,19H,13-18H2,1-2H3. The fourth-order valence-electron chi connectivity index (χ4n) is 3.37. The second-order valence-electron chi connectivity index (χ2n) is 7.24. The Morgan fingerprint density at radius 1 is 0.885 bits per heavy atom. The molecule has 2 amide bonds. The van der Waals surface area contributed by atoms with E-state index in [9.17, 15) is 4.79 Å². The molecule has 26 heavy (non-hydrogen) atoms. The number of benzene rings is 2. The fraction of sp³-hybridized carbons (Fsp3) is 0.409. The third-order valence-corrected chi connectivity index (χ3v) is 4.96. The Kier molecular flexibility index (Phi) is 6.29. The minimum absolute atomic E-state index is 0.156. The maximum absolute atomic E-state index is 13.0. The van der Waals surface area contributed by atoms with Crippen LogP contribution in [0.4, 0.5) is 4.79 Å². The van der Waals surface area contributed by atoms with Crippen molar-refractivity contribution >= 4 is 6.03 Å². The zero-order valence-corrected chi connectivity index (χ0v) is 15.8. The SMILES string of the molecule is CC(C)N(Cc1ccccc1)C(=O)N1CCN(Cc2ccccc2)CC1. The van der Waals surface area contributed by atoms with E-state index in [2.05, 4.69) is 55.1 Å². The molecule has 1 aliphatic heterocycles. The lowest BCUT2D eigenvalue weighted by molar-refractivity contribution is 0.0999. The summed E-state index contributed by atoms with van der Waals surface area (Å²) in [5.74, 6) is 0. The lowest BCUT2D eigenvalue weighted by Crippen LogP contribution is -2.53. The van der Waals surface area contributed by atoms with Gasteiger partial charge in [-0.1, -0.05) is 60.7 Å². The molecule has 3 rings (SSSR count). The van der Waals surface area contributed by atoms with Crippen LogP contribution in [0.2, 0.25) is 0 Å². The lowest BCUT2D eigenvalue weighted by Gasteiger charge is -2.39. The summed E-state index contributed by atoms with van der Waals surface area (Å²) < 4.78 is 0. The number of carbonyl (C=O) groups is 1. The molecule has 4 nitrogen and oxygen atoms in total. The van der Waals surface area contributed by atoms with E-state index in [0.717, 1.165) is 32.7 Å². The van der Waals surface area contributed by atoms with Crippen molar-refractivity contribution in [1.29, 1.82) is 0 Å². The molecule has 0 unspecified atom stereocenters. The lowest BCUT2D eigenvalue weighted by atomic mass is 10.2. The van der Waals surface area contributed by atoms with Gasteiger partial charge in [-0.15, -0.1) is 0 Å². The normalized spacial score (nSPS) is 15.3. The van der Waals surface area contributed by atoms with E-state index in [-0.39, 0.29) is 12.1 Å². The zero-order chi connectivity index (χ0) is 18.4. The molecule has 2 aromatic carbocycles. The molecule has 0 aliphatic carbocycles. The first kappa shape index (κ1) is 18.5. The van der Waals surface area contributed by atoms with Gasteiger partial charge in [0.25, 0.3) is 0 Å². The summed E-state index contributed by atoms with van der Waals surface area (Å²) >= 11 is 0. The third-order valence-electron chi connectivity index (χ3n) is 4.96. The molecule has 4 heteroatoms. The Morgan fingerprint density at radius 2 is 1.42 bits per heavy atom. The monoisotopic (exact) mass is 351 g/mol. The van der Waals surface area contributed by atoms with Gasteiger partial charge < -0.3 is 9.80 Å². The maximum atomic E-state index is 13.0. The van der Waals surface area contributed by atoms with E-state index in [1.165, 1.54) is 11.1 Å². The summed E-state index contributed by atoms with van der Waals surface area (Å²) in [4.78, 5) is 19.4. The van der Waals surface area contributed by atoms with Gasteiger partial charge >= 0.3 is 6.03 Å². The topological polar surface area (TPSA) is 26.8 Å². The van der Waals surface area contributed by atoms with Crippen LogP contribution in [0.1, 0.15) is 25.0 Å². The van der Waals surface area contributed by atoms with E-state index >= 15 is 0 Å². The molecule has 0 N–H and O–H groups in total. The quantitative estimate of drug-likeness (QED) is 0.818. The molecule has 0 radical (unpaired) electrons. The summed E-state index contributed by atoms with van der Waals surface area (Å²) in [7, 11) is 0. The molecule has 1 fully saturated rings. The van der Waals surface area contributed by atoms with E-state index in [1.54, 1.807) is 0 Å². The number of piperazine rings is 1. The molecule has 2 aromatic rings. The van der Waals surface area contributed by atoms with Gasteiger partial charge in [0.2, 0.25) is 0 Å². The van der Waals surface area contributed by atoms with Crippen LogP contribution in [-0.4, -0.2) is 53.0 Å². The molecule has 0 atom stereocenters. The van der Waals surface area contributed by atoms with Crippen molar-refractivity contribution in [2.45, 2.75) is 33.0 Å². The van der Waals surface area contributed by atoms with Crippen LogP contribution in [0, 0.1) is 0 Å². The van der Waals surface area contributed by atoms with Gasteiger partial charge in [0.15, 0.2) is 0 Å². The van der Waals surface area contributed by atoms with Gasteiger partial charge in [-0.3, -0.25) is 4.90 Å².